The van der Waals surface area contributed by atoms with Gasteiger partial charge in [-0.3, -0.25) is 5.32 Å². The first kappa shape index (κ1) is 12.8. The molecule has 3 fully saturated rings. The number of nitrogens with zero attached hydrogens (tertiary/aromatic N) is 1. The number of likely N-dealkylation sites (tertiary alicyclic amines) is 1. The summed E-state index contributed by atoms with van der Waals surface area (Å²) in [5.41, 5.74) is -0.0680. The van der Waals surface area contributed by atoms with Gasteiger partial charge in [-0.1, -0.05) is 6.92 Å². The molecule has 0 bridgehead atoms. The fraction of sp³-hybridized carbons (Fsp3) is 1.00. The average Bonchev–Trinajstić information content (AvgIpc) is 2.45. The summed E-state index contributed by atoms with van der Waals surface area (Å²) in [5, 5.41) is 7.20. The molecule has 0 amide bonds. The second-order valence-corrected chi connectivity index (χ2v) is 5.83. The largest absolute Gasteiger partial charge is 0.378 e. The standard InChI is InChI=1S/C13H25N3O2/c1-2-16-6-3-13(4-7-16)15-9-12(11-18-13)10-17-8-5-14-12/h14-15H,2-11H2,1H3. The fourth-order valence-electron chi connectivity index (χ4n) is 3.17. The van der Waals surface area contributed by atoms with Gasteiger partial charge in [-0.15, -0.1) is 0 Å². The molecule has 1 atom stereocenters. The van der Waals surface area contributed by atoms with E-state index < -0.39 is 0 Å². The Hall–Kier alpha value is -0.200. The number of morpholine rings is 1. The van der Waals surface area contributed by atoms with Crippen molar-refractivity contribution >= 4 is 0 Å². The van der Waals surface area contributed by atoms with Crippen LogP contribution >= 0.6 is 0 Å². The van der Waals surface area contributed by atoms with Crippen molar-refractivity contribution in [2.24, 2.45) is 0 Å². The Labute approximate surface area is 109 Å². The monoisotopic (exact) mass is 255 g/mol. The molecule has 104 valence electrons. The zero-order chi connectivity index (χ0) is 12.5. The Morgan fingerprint density at radius 2 is 2.00 bits per heavy atom. The van der Waals surface area contributed by atoms with Crippen LogP contribution in [0, 0.1) is 0 Å². The van der Waals surface area contributed by atoms with E-state index in [0.717, 1.165) is 65.4 Å². The van der Waals surface area contributed by atoms with Crippen molar-refractivity contribution in [3.05, 3.63) is 0 Å². The van der Waals surface area contributed by atoms with Crippen molar-refractivity contribution in [2.75, 3.05) is 52.5 Å². The van der Waals surface area contributed by atoms with E-state index in [4.69, 9.17) is 9.47 Å². The minimum absolute atomic E-state index is 0.00535. The highest BCUT2D eigenvalue weighted by Gasteiger charge is 2.45. The SMILES string of the molecule is CCN1CCC2(CC1)NCC1(COCCN1)CO2. The molecule has 0 saturated carbocycles. The number of rotatable bonds is 1. The third kappa shape index (κ3) is 2.42. The Bertz CT molecular complexity index is 272. The minimum atomic E-state index is -0.0734. The highest BCUT2D eigenvalue weighted by atomic mass is 16.5. The third-order valence-electron chi connectivity index (χ3n) is 4.61. The number of hydrogen-bond donors (Lipinski definition) is 2. The number of nitrogens with one attached hydrogen (secondary N) is 2. The van der Waals surface area contributed by atoms with Gasteiger partial charge in [0.15, 0.2) is 0 Å². The summed E-state index contributed by atoms with van der Waals surface area (Å²) in [5.74, 6) is 0. The van der Waals surface area contributed by atoms with Gasteiger partial charge in [0.05, 0.1) is 25.4 Å². The quantitative estimate of drug-likeness (QED) is 0.678. The molecule has 18 heavy (non-hydrogen) atoms. The van der Waals surface area contributed by atoms with E-state index in [1.807, 2.05) is 0 Å². The summed E-state index contributed by atoms with van der Waals surface area (Å²) in [6, 6.07) is 0. The summed E-state index contributed by atoms with van der Waals surface area (Å²) >= 11 is 0. The van der Waals surface area contributed by atoms with E-state index in [1.54, 1.807) is 0 Å². The topological polar surface area (TPSA) is 45.8 Å². The molecule has 0 aliphatic carbocycles. The van der Waals surface area contributed by atoms with Gasteiger partial charge in [-0.2, -0.15) is 0 Å². The highest BCUT2D eigenvalue weighted by molar-refractivity contribution is 5.00. The Kier molecular flexibility index (Phi) is 3.60. The van der Waals surface area contributed by atoms with Crippen LogP contribution in [-0.2, 0) is 9.47 Å². The van der Waals surface area contributed by atoms with Crippen molar-refractivity contribution in [3.63, 3.8) is 0 Å². The Morgan fingerprint density at radius 3 is 2.56 bits per heavy atom. The van der Waals surface area contributed by atoms with Gasteiger partial charge in [-0.05, 0) is 6.54 Å². The first-order valence-corrected chi connectivity index (χ1v) is 7.20. The van der Waals surface area contributed by atoms with Crippen molar-refractivity contribution in [1.29, 1.82) is 0 Å². The smallest absolute Gasteiger partial charge is 0.121 e. The number of ether oxygens (including phenoxy) is 2. The lowest BCUT2D eigenvalue weighted by molar-refractivity contribution is -0.170. The van der Waals surface area contributed by atoms with Gasteiger partial charge < -0.3 is 19.7 Å². The molecule has 3 aliphatic heterocycles. The lowest BCUT2D eigenvalue weighted by atomic mass is 9.92. The number of hydrogen-bond acceptors (Lipinski definition) is 5. The molecule has 0 aromatic heterocycles. The van der Waals surface area contributed by atoms with Crippen LogP contribution in [0.2, 0.25) is 0 Å². The second-order valence-electron chi connectivity index (χ2n) is 5.83. The summed E-state index contributed by atoms with van der Waals surface area (Å²) in [7, 11) is 0. The maximum atomic E-state index is 6.21. The third-order valence-corrected chi connectivity index (χ3v) is 4.61. The van der Waals surface area contributed by atoms with Crippen LogP contribution in [0.1, 0.15) is 19.8 Å². The van der Waals surface area contributed by atoms with Crippen LogP contribution in [0.15, 0.2) is 0 Å². The Morgan fingerprint density at radius 1 is 1.17 bits per heavy atom. The maximum Gasteiger partial charge on any atom is 0.121 e. The van der Waals surface area contributed by atoms with Crippen LogP contribution in [-0.4, -0.2) is 68.7 Å². The van der Waals surface area contributed by atoms with Gasteiger partial charge in [0, 0.05) is 39.0 Å². The predicted octanol–water partition coefficient (Wildman–Crippen LogP) is -0.223. The molecule has 1 unspecified atom stereocenters. The first-order valence-electron chi connectivity index (χ1n) is 7.20. The molecule has 0 aromatic carbocycles. The molecule has 0 aromatic rings. The number of piperidine rings is 1. The van der Waals surface area contributed by atoms with Crippen LogP contribution in [0.5, 0.6) is 0 Å². The molecule has 3 rings (SSSR count). The summed E-state index contributed by atoms with van der Waals surface area (Å²) in [4.78, 5) is 2.49. The van der Waals surface area contributed by atoms with E-state index in [-0.39, 0.29) is 11.3 Å². The van der Waals surface area contributed by atoms with E-state index in [2.05, 4.69) is 22.5 Å². The van der Waals surface area contributed by atoms with Crippen molar-refractivity contribution in [1.82, 2.24) is 15.5 Å². The molecule has 3 heterocycles. The molecule has 5 nitrogen and oxygen atoms in total. The minimum Gasteiger partial charge on any atom is -0.378 e. The molecule has 2 spiro atoms. The van der Waals surface area contributed by atoms with Crippen molar-refractivity contribution in [2.45, 2.75) is 31.0 Å². The normalized spacial score (nSPS) is 37.2. The molecule has 5 heteroatoms. The van der Waals surface area contributed by atoms with Crippen LogP contribution in [0.25, 0.3) is 0 Å². The fourth-order valence-corrected chi connectivity index (χ4v) is 3.17. The lowest BCUT2D eigenvalue weighted by Crippen LogP contribution is -2.71. The summed E-state index contributed by atoms with van der Waals surface area (Å²) < 4.78 is 11.8. The van der Waals surface area contributed by atoms with Gasteiger partial charge in [0.1, 0.15) is 5.72 Å². The first-order chi connectivity index (χ1) is 8.76. The molecular formula is C13H25N3O2. The predicted molar refractivity (Wildman–Crippen MR) is 69.6 cm³/mol. The molecular weight excluding hydrogens is 230 g/mol. The van der Waals surface area contributed by atoms with Gasteiger partial charge in [0.2, 0.25) is 0 Å². The van der Waals surface area contributed by atoms with E-state index in [9.17, 15) is 0 Å². The second kappa shape index (κ2) is 5.06. The summed E-state index contributed by atoms with van der Waals surface area (Å²) in [6.45, 7) is 9.89. The van der Waals surface area contributed by atoms with Crippen LogP contribution in [0.3, 0.4) is 0 Å². The lowest BCUT2D eigenvalue weighted by Gasteiger charge is -2.51. The van der Waals surface area contributed by atoms with Crippen LogP contribution < -0.4 is 10.6 Å². The zero-order valence-electron chi connectivity index (χ0n) is 11.3. The molecule has 3 aliphatic rings. The Balaban J connectivity index is 1.56. The van der Waals surface area contributed by atoms with Crippen molar-refractivity contribution < 1.29 is 9.47 Å². The van der Waals surface area contributed by atoms with E-state index in [1.165, 1.54) is 0 Å². The van der Waals surface area contributed by atoms with Gasteiger partial charge in [-0.25, -0.2) is 0 Å². The van der Waals surface area contributed by atoms with Gasteiger partial charge in [0.25, 0.3) is 0 Å². The molecule has 2 N–H and O–H groups in total. The average molecular weight is 255 g/mol. The molecule has 0 radical (unpaired) electrons. The highest BCUT2D eigenvalue weighted by Crippen LogP contribution is 2.29. The van der Waals surface area contributed by atoms with E-state index >= 15 is 0 Å². The van der Waals surface area contributed by atoms with Crippen LogP contribution in [0.4, 0.5) is 0 Å². The van der Waals surface area contributed by atoms with E-state index in [0.29, 0.717) is 0 Å². The van der Waals surface area contributed by atoms with Crippen molar-refractivity contribution in [3.8, 4) is 0 Å². The zero-order valence-corrected chi connectivity index (χ0v) is 11.3. The molecule has 3 saturated heterocycles. The summed E-state index contributed by atoms with van der Waals surface area (Å²) in [6.07, 6.45) is 2.19. The van der Waals surface area contributed by atoms with Gasteiger partial charge >= 0.3 is 0 Å². The maximum absolute atomic E-state index is 6.21.